The van der Waals surface area contributed by atoms with Gasteiger partial charge in [-0.15, -0.1) is 11.3 Å². The largest absolute Gasteiger partial charge is 0.320 e. The third kappa shape index (κ3) is 2.06. The predicted molar refractivity (Wildman–Crippen MR) is 51.1 cm³/mol. The molecule has 0 radical (unpaired) electrons. The van der Waals surface area contributed by atoms with Crippen LogP contribution in [-0.2, 0) is 0 Å². The molecule has 1 nitrogen and oxygen atoms in total. The number of nitrogens with two attached hydrogens (primary N) is 1. The molecule has 0 aliphatic heterocycles. The van der Waals surface area contributed by atoms with E-state index in [0.29, 0.717) is 0 Å². The van der Waals surface area contributed by atoms with Crippen molar-refractivity contribution in [2.24, 2.45) is 5.73 Å². The Kier molecular flexibility index (Phi) is 2.71. The van der Waals surface area contributed by atoms with Crippen molar-refractivity contribution in [2.45, 2.75) is 13.0 Å². The summed E-state index contributed by atoms with van der Waals surface area (Å²) in [6, 6.07) is 3.73. The van der Waals surface area contributed by atoms with Gasteiger partial charge in [-0.05, 0) is 19.1 Å². The minimum Gasteiger partial charge on any atom is -0.320 e. The Morgan fingerprint density at radius 3 is 2.73 bits per heavy atom. The molecule has 0 spiro atoms. The number of rotatable bonds is 2. The molecule has 1 aromatic heterocycles. The Balaban J connectivity index is 2.84. The van der Waals surface area contributed by atoms with Crippen molar-refractivity contribution in [3.05, 3.63) is 33.5 Å². The van der Waals surface area contributed by atoms with Gasteiger partial charge < -0.3 is 5.73 Å². The molecule has 0 aliphatic carbocycles. The maximum atomic E-state index is 5.80. The molecule has 11 heavy (non-hydrogen) atoms. The van der Waals surface area contributed by atoms with Gasteiger partial charge in [0, 0.05) is 4.88 Å². The van der Waals surface area contributed by atoms with Crippen LogP contribution in [0.2, 0.25) is 4.34 Å². The minimum absolute atomic E-state index is 0.0625. The van der Waals surface area contributed by atoms with Crippen molar-refractivity contribution in [3.63, 3.8) is 0 Å². The summed E-state index contributed by atoms with van der Waals surface area (Å²) in [4.78, 5) is 1.07. The molecule has 0 bridgehead atoms. The monoisotopic (exact) mass is 187 g/mol. The standard InChI is InChI=1S/C8H10ClNS/c1-5(2)8(10)6-3-4-7(9)11-6/h3-4,8H,1,10H2,2H3/t8-/m1/s1. The van der Waals surface area contributed by atoms with Crippen molar-refractivity contribution in [1.29, 1.82) is 0 Å². The molecule has 2 N–H and O–H groups in total. The first-order valence-electron chi connectivity index (χ1n) is 3.27. The highest BCUT2D eigenvalue weighted by Crippen LogP contribution is 2.28. The van der Waals surface area contributed by atoms with Gasteiger partial charge in [0.15, 0.2) is 0 Å². The van der Waals surface area contributed by atoms with Gasteiger partial charge in [-0.2, -0.15) is 0 Å². The van der Waals surface area contributed by atoms with Gasteiger partial charge in [-0.3, -0.25) is 0 Å². The van der Waals surface area contributed by atoms with Gasteiger partial charge in [0.05, 0.1) is 10.4 Å². The van der Waals surface area contributed by atoms with Crippen LogP contribution in [0.3, 0.4) is 0 Å². The van der Waals surface area contributed by atoms with Crippen LogP contribution in [0.15, 0.2) is 24.3 Å². The number of thiophene rings is 1. The molecule has 0 aromatic carbocycles. The van der Waals surface area contributed by atoms with E-state index in [2.05, 4.69) is 6.58 Å². The Morgan fingerprint density at radius 1 is 1.73 bits per heavy atom. The lowest BCUT2D eigenvalue weighted by atomic mass is 10.1. The van der Waals surface area contributed by atoms with Crippen LogP contribution < -0.4 is 5.73 Å². The Labute approximate surface area is 75.5 Å². The normalized spacial score (nSPS) is 13.0. The maximum absolute atomic E-state index is 5.80. The van der Waals surface area contributed by atoms with E-state index in [9.17, 15) is 0 Å². The van der Waals surface area contributed by atoms with Gasteiger partial charge in [-0.1, -0.05) is 23.8 Å². The van der Waals surface area contributed by atoms with E-state index in [-0.39, 0.29) is 6.04 Å². The van der Waals surface area contributed by atoms with Gasteiger partial charge in [-0.25, -0.2) is 0 Å². The molecule has 1 rings (SSSR count). The van der Waals surface area contributed by atoms with E-state index in [1.165, 1.54) is 11.3 Å². The fourth-order valence-electron chi connectivity index (χ4n) is 0.738. The molecule has 1 aromatic rings. The first-order chi connectivity index (χ1) is 5.11. The molecular formula is C8H10ClNS. The summed E-state index contributed by atoms with van der Waals surface area (Å²) in [6.45, 7) is 5.69. The third-order valence-electron chi connectivity index (χ3n) is 1.43. The molecular weight excluding hydrogens is 178 g/mol. The number of hydrogen-bond donors (Lipinski definition) is 1. The number of hydrogen-bond acceptors (Lipinski definition) is 2. The van der Waals surface area contributed by atoms with Crippen molar-refractivity contribution in [1.82, 2.24) is 0 Å². The average molecular weight is 188 g/mol. The van der Waals surface area contributed by atoms with E-state index in [1.54, 1.807) is 0 Å². The first kappa shape index (κ1) is 8.78. The van der Waals surface area contributed by atoms with Crippen LogP contribution in [0.25, 0.3) is 0 Å². The first-order valence-corrected chi connectivity index (χ1v) is 4.47. The summed E-state index contributed by atoms with van der Waals surface area (Å²) in [7, 11) is 0. The van der Waals surface area contributed by atoms with Crippen LogP contribution in [0, 0.1) is 0 Å². The van der Waals surface area contributed by atoms with E-state index < -0.39 is 0 Å². The predicted octanol–water partition coefficient (Wildman–Crippen LogP) is 2.98. The SMILES string of the molecule is C=C(C)[C@@H](N)c1ccc(Cl)s1. The molecule has 0 saturated heterocycles. The molecule has 3 heteroatoms. The topological polar surface area (TPSA) is 26.0 Å². The van der Waals surface area contributed by atoms with E-state index in [4.69, 9.17) is 17.3 Å². The van der Waals surface area contributed by atoms with Crippen LogP contribution in [0.4, 0.5) is 0 Å². The van der Waals surface area contributed by atoms with Gasteiger partial charge >= 0.3 is 0 Å². The quantitative estimate of drug-likeness (QED) is 0.708. The van der Waals surface area contributed by atoms with E-state index in [1.807, 2.05) is 19.1 Å². The summed E-state index contributed by atoms with van der Waals surface area (Å²) in [5.74, 6) is 0. The van der Waals surface area contributed by atoms with Crippen molar-refractivity contribution in [2.75, 3.05) is 0 Å². The highest BCUT2D eigenvalue weighted by Gasteiger charge is 2.07. The molecule has 0 amide bonds. The Hall–Kier alpha value is -0.310. The molecule has 0 saturated carbocycles. The maximum Gasteiger partial charge on any atom is 0.0931 e. The molecule has 1 atom stereocenters. The molecule has 0 fully saturated rings. The average Bonchev–Trinajstić information content (AvgIpc) is 2.34. The van der Waals surface area contributed by atoms with E-state index >= 15 is 0 Å². The number of halogens is 1. The summed E-state index contributed by atoms with van der Waals surface area (Å²) in [5, 5.41) is 0. The van der Waals surface area contributed by atoms with Crippen molar-refractivity contribution >= 4 is 22.9 Å². The Bertz CT molecular complexity index is 267. The van der Waals surface area contributed by atoms with E-state index in [0.717, 1.165) is 14.8 Å². The summed E-state index contributed by atoms with van der Waals surface area (Å²) in [6.07, 6.45) is 0. The van der Waals surface area contributed by atoms with Crippen LogP contribution in [-0.4, -0.2) is 0 Å². The summed E-state index contributed by atoms with van der Waals surface area (Å²) in [5.41, 5.74) is 6.76. The zero-order valence-corrected chi connectivity index (χ0v) is 7.88. The van der Waals surface area contributed by atoms with Gasteiger partial charge in [0.25, 0.3) is 0 Å². The van der Waals surface area contributed by atoms with Crippen LogP contribution >= 0.6 is 22.9 Å². The summed E-state index contributed by atoms with van der Waals surface area (Å²) < 4.78 is 0.775. The lowest BCUT2D eigenvalue weighted by molar-refractivity contribution is 0.871. The summed E-state index contributed by atoms with van der Waals surface area (Å²) >= 11 is 7.25. The molecule has 0 aliphatic rings. The van der Waals surface area contributed by atoms with Gasteiger partial charge in [0.1, 0.15) is 0 Å². The van der Waals surface area contributed by atoms with Crippen LogP contribution in [0.5, 0.6) is 0 Å². The molecule has 60 valence electrons. The second-order valence-corrected chi connectivity index (χ2v) is 4.21. The lowest BCUT2D eigenvalue weighted by Gasteiger charge is -2.06. The molecule has 1 heterocycles. The third-order valence-corrected chi connectivity index (χ3v) is 2.75. The van der Waals surface area contributed by atoms with Crippen molar-refractivity contribution in [3.8, 4) is 0 Å². The second kappa shape index (κ2) is 3.39. The lowest BCUT2D eigenvalue weighted by Crippen LogP contribution is -2.08. The van der Waals surface area contributed by atoms with Crippen LogP contribution in [0.1, 0.15) is 17.8 Å². The molecule has 0 unspecified atom stereocenters. The van der Waals surface area contributed by atoms with Crippen molar-refractivity contribution < 1.29 is 0 Å². The second-order valence-electron chi connectivity index (χ2n) is 2.47. The smallest absolute Gasteiger partial charge is 0.0931 e. The van der Waals surface area contributed by atoms with Gasteiger partial charge in [0.2, 0.25) is 0 Å². The fraction of sp³-hybridized carbons (Fsp3) is 0.250. The minimum atomic E-state index is -0.0625. The highest BCUT2D eigenvalue weighted by atomic mass is 35.5. The zero-order chi connectivity index (χ0) is 8.43. The highest BCUT2D eigenvalue weighted by molar-refractivity contribution is 7.16. The zero-order valence-electron chi connectivity index (χ0n) is 6.30. The Morgan fingerprint density at radius 2 is 2.36 bits per heavy atom. The fourth-order valence-corrected chi connectivity index (χ4v) is 1.89.